The summed E-state index contributed by atoms with van der Waals surface area (Å²) < 4.78 is 4.60. The van der Waals surface area contributed by atoms with Crippen molar-refractivity contribution in [3.05, 3.63) is 17.1 Å². The van der Waals surface area contributed by atoms with Crippen molar-refractivity contribution in [2.75, 3.05) is 12.8 Å². The minimum atomic E-state index is -0.500. The van der Waals surface area contributed by atoms with Gasteiger partial charge in [0.15, 0.2) is 0 Å². The Morgan fingerprint density at radius 2 is 2.00 bits per heavy atom. The number of ether oxygens (including phenoxy) is 1. The molecule has 0 aliphatic carbocycles. The lowest BCUT2D eigenvalue weighted by Gasteiger charge is -2.10. The summed E-state index contributed by atoms with van der Waals surface area (Å²) in [5.41, 5.74) is 6.49. The lowest BCUT2D eigenvalue weighted by Crippen LogP contribution is -2.14. The van der Waals surface area contributed by atoms with Gasteiger partial charge in [-0.3, -0.25) is 0 Å². The molecule has 1 heterocycles. The number of hydrogen-bond donors (Lipinski definition) is 1. The van der Waals surface area contributed by atoms with Gasteiger partial charge in [0.25, 0.3) is 0 Å². The van der Waals surface area contributed by atoms with Crippen LogP contribution in [0, 0.1) is 6.92 Å². The van der Waals surface area contributed by atoms with Crippen molar-refractivity contribution in [3.63, 3.8) is 0 Å². The van der Waals surface area contributed by atoms with E-state index < -0.39 is 5.97 Å². The fourth-order valence-corrected chi connectivity index (χ4v) is 1.23. The predicted molar refractivity (Wildman–Crippen MR) is 56.6 cm³/mol. The first-order valence-electron chi connectivity index (χ1n) is 4.69. The second-order valence-corrected chi connectivity index (χ2v) is 3.57. The quantitative estimate of drug-likeness (QED) is 0.742. The van der Waals surface area contributed by atoms with Gasteiger partial charge >= 0.3 is 5.97 Å². The molecule has 0 amide bonds. The van der Waals surface area contributed by atoms with Gasteiger partial charge in [0.05, 0.1) is 12.8 Å². The van der Waals surface area contributed by atoms with Crippen molar-refractivity contribution in [3.8, 4) is 0 Å². The van der Waals surface area contributed by atoms with Gasteiger partial charge in [-0.1, -0.05) is 13.8 Å². The molecule has 0 aromatic carbocycles. The van der Waals surface area contributed by atoms with Gasteiger partial charge in [0.1, 0.15) is 17.2 Å². The molecule has 0 spiro atoms. The van der Waals surface area contributed by atoms with Crippen molar-refractivity contribution in [1.29, 1.82) is 0 Å². The SMILES string of the molecule is COC(=O)c1c(C)nc(C(C)C)nc1N. The molecule has 15 heavy (non-hydrogen) atoms. The van der Waals surface area contributed by atoms with E-state index >= 15 is 0 Å². The number of methoxy groups -OCH3 is 1. The third kappa shape index (κ3) is 2.23. The predicted octanol–water partition coefficient (Wildman–Crippen LogP) is 1.28. The van der Waals surface area contributed by atoms with Gasteiger partial charge in [0, 0.05) is 5.92 Å². The molecule has 0 unspecified atom stereocenters. The molecule has 0 saturated carbocycles. The Balaban J connectivity index is 3.27. The van der Waals surface area contributed by atoms with E-state index in [4.69, 9.17) is 5.73 Å². The molecular weight excluding hydrogens is 194 g/mol. The number of carbonyl (C=O) groups is 1. The Morgan fingerprint density at radius 3 is 2.40 bits per heavy atom. The van der Waals surface area contributed by atoms with Gasteiger partial charge in [0.2, 0.25) is 0 Å². The largest absolute Gasteiger partial charge is 0.465 e. The molecule has 0 atom stereocenters. The normalized spacial score (nSPS) is 10.5. The maximum atomic E-state index is 11.4. The van der Waals surface area contributed by atoms with Crippen LogP contribution in [0.5, 0.6) is 0 Å². The van der Waals surface area contributed by atoms with Crippen LogP contribution in [0.1, 0.15) is 41.6 Å². The Kier molecular flexibility index (Phi) is 3.24. The van der Waals surface area contributed by atoms with E-state index in [2.05, 4.69) is 14.7 Å². The highest BCUT2D eigenvalue weighted by Gasteiger charge is 2.18. The highest BCUT2D eigenvalue weighted by atomic mass is 16.5. The molecule has 2 N–H and O–H groups in total. The van der Waals surface area contributed by atoms with Crippen LogP contribution in [-0.4, -0.2) is 23.0 Å². The number of rotatable bonds is 2. The molecule has 0 radical (unpaired) electrons. The van der Waals surface area contributed by atoms with E-state index in [0.717, 1.165) is 0 Å². The highest BCUT2D eigenvalue weighted by molar-refractivity contribution is 5.95. The zero-order chi connectivity index (χ0) is 11.6. The smallest absolute Gasteiger partial charge is 0.343 e. The fraction of sp³-hybridized carbons (Fsp3) is 0.500. The molecule has 0 aliphatic rings. The number of nitrogen functional groups attached to an aromatic ring is 1. The lowest BCUT2D eigenvalue weighted by molar-refractivity contribution is 0.0600. The maximum absolute atomic E-state index is 11.4. The molecular formula is C10H15N3O2. The number of aromatic nitrogens is 2. The minimum Gasteiger partial charge on any atom is -0.465 e. The molecule has 5 heteroatoms. The second kappa shape index (κ2) is 4.25. The van der Waals surface area contributed by atoms with Gasteiger partial charge < -0.3 is 10.5 Å². The van der Waals surface area contributed by atoms with Gasteiger partial charge in [-0.25, -0.2) is 14.8 Å². The second-order valence-electron chi connectivity index (χ2n) is 3.57. The summed E-state index contributed by atoms with van der Waals surface area (Å²) in [6.07, 6.45) is 0. The molecule has 1 aromatic heterocycles. The average Bonchev–Trinajstić information content (AvgIpc) is 2.16. The molecule has 5 nitrogen and oxygen atoms in total. The molecule has 1 aromatic rings. The van der Waals surface area contributed by atoms with Crippen molar-refractivity contribution in [2.24, 2.45) is 0 Å². The highest BCUT2D eigenvalue weighted by Crippen LogP contribution is 2.18. The summed E-state index contributed by atoms with van der Waals surface area (Å²) in [5, 5.41) is 0. The van der Waals surface area contributed by atoms with E-state index in [1.807, 2.05) is 13.8 Å². The summed E-state index contributed by atoms with van der Waals surface area (Å²) in [6, 6.07) is 0. The topological polar surface area (TPSA) is 78.1 Å². The van der Waals surface area contributed by atoms with E-state index in [-0.39, 0.29) is 17.3 Å². The van der Waals surface area contributed by atoms with Crippen LogP contribution in [0.25, 0.3) is 0 Å². The number of carbonyl (C=O) groups excluding carboxylic acids is 1. The zero-order valence-electron chi connectivity index (χ0n) is 9.37. The zero-order valence-corrected chi connectivity index (χ0v) is 9.37. The van der Waals surface area contributed by atoms with Crippen LogP contribution in [0.15, 0.2) is 0 Å². The van der Waals surface area contributed by atoms with Crippen molar-refractivity contribution in [1.82, 2.24) is 9.97 Å². The van der Waals surface area contributed by atoms with Crippen LogP contribution in [0.3, 0.4) is 0 Å². The van der Waals surface area contributed by atoms with E-state index in [1.54, 1.807) is 6.92 Å². The summed E-state index contributed by atoms with van der Waals surface area (Å²) >= 11 is 0. The summed E-state index contributed by atoms with van der Waals surface area (Å²) in [4.78, 5) is 19.6. The van der Waals surface area contributed by atoms with Gasteiger partial charge in [-0.2, -0.15) is 0 Å². The third-order valence-corrected chi connectivity index (χ3v) is 2.04. The number of nitrogens with zero attached hydrogens (tertiary/aromatic N) is 2. The van der Waals surface area contributed by atoms with Crippen LogP contribution in [0.4, 0.5) is 5.82 Å². The molecule has 82 valence electrons. The standard InChI is InChI=1S/C10H15N3O2/c1-5(2)9-12-6(3)7(8(11)13-9)10(14)15-4/h5H,1-4H3,(H2,11,12,13). The molecule has 0 fully saturated rings. The van der Waals surface area contributed by atoms with Gasteiger partial charge in [-0.15, -0.1) is 0 Å². The molecule has 0 bridgehead atoms. The third-order valence-electron chi connectivity index (χ3n) is 2.04. The maximum Gasteiger partial charge on any atom is 0.343 e. The van der Waals surface area contributed by atoms with Gasteiger partial charge in [-0.05, 0) is 6.92 Å². The summed E-state index contributed by atoms with van der Waals surface area (Å²) in [7, 11) is 1.30. The fourth-order valence-electron chi connectivity index (χ4n) is 1.23. The first-order chi connectivity index (χ1) is 6.97. The van der Waals surface area contributed by atoms with Crippen molar-refractivity contribution in [2.45, 2.75) is 26.7 Å². The Bertz CT molecular complexity index is 365. The van der Waals surface area contributed by atoms with E-state index in [9.17, 15) is 4.79 Å². The number of nitrogens with two attached hydrogens (primary N) is 1. The van der Waals surface area contributed by atoms with Crippen LogP contribution in [0.2, 0.25) is 0 Å². The average molecular weight is 209 g/mol. The number of esters is 1. The lowest BCUT2D eigenvalue weighted by atomic mass is 10.1. The summed E-state index contributed by atoms with van der Waals surface area (Å²) in [5.74, 6) is 0.494. The Hall–Kier alpha value is -1.65. The molecule has 0 aliphatic heterocycles. The molecule has 1 rings (SSSR count). The van der Waals surface area contributed by atoms with Crippen molar-refractivity contribution >= 4 is 11.8 Å². The number of aryl methyl sites for hydroxylation is 1. The number of hydrogen-bond acceptors (Lipinski definition) is 5. The first kappa shape index (κ1) is 11.4. The minimum absolute atomic E-state index is 0.178. The monoisotopic (exact) mass is 209 g/mol. The summed E-state index contributed by atoms with van der Waals surface area (Å²) in [6.45, 7) is 5.65. The van der Waals surface area contributed by atoms with Crippen LogP contribution in [-0.2, 0) is 4.74 Å². The Labute approximate surface area is 88.7 Å². The van der Waals surface area contributed by atoms with E-state index in [1.165, 1.54) is 7.11 Å². The number of anilines is 1. The van der Waals surface area contributed by atoms with Crippen LogP contribution < -0.4 is 5.73 Å². The first-order valence-corrected chi connectivity index (χ1v) is 4.69. The Morgan fingerprint density at radius 1 is 1.40 bits per heavy atom. The molecule has 0 saturated heterocycles. The van der Waals surface area contributed by atoms with Crippen molar-refractivity contribution < 1.29 is 9.53 Å². The van der Waals surface area contributed by atoms with E-state index in [0.29, 0.717) is 11.5 Å². The van der Waals surface area contributed by atoms with Crippen LogP contribution >= 0.6 is 0 Å².